The van der Waals surface area contributed by atoms with Crippen molar-refractivity contribution in [2.45, 2.75) is 37.9 Å². The molecule has 0 bridgehead atoms. The maximum Gasteiger partial charge on any atom is 0.534 e. The van der Waals surface area contributed by atoms with Gasteiger partial charge in [-0.2, -0.15) is 31.9 Å². The molecule has 0 saturated carbocycles. The number of benzene rings is 2. The number of alkyl halides is 3. The van der Waals surface area contributed by atoms with E-state index in [0.717, 1.165) is 18.4 Å². The van der Waals surface area contributed by atoms with Gasteiger partial charge in [0.05, 0.1) is 19.3 Å². The second-order valence-electron chi connectivity index (χ2n) is 8.08. The number of hydrogen-bond donors (Lipinski definition) is 0. The molecule has 1 aliphatic rings. The highest BCUT2D eigenvalue weighted by Crippen LogP contribution is 2.47. The van der Waals surface area contributed by atoms with E-state index in [1.165, 1.54) is 4.68 Å². The summed E-state index contributed by atoms with van der Waals surface area (Å²) in [4.78, 5) is 1.86. The minimum Gasteiger partial charge on any atom is -0.497 e. The van der Waals surface area contributed by atoms with Crippen molar-refractivity contribution in [3.05, 3.63) is 46.6 Å². The molecule has 1 aliphatic heterocycles. The zero-order valence-corrected chi connectivity index (χ0v) is 20.2. The van der Waals surface area contributed by atoms with Crippen molar-refractivity contribution in [1.82, 2.24) is 9.78 Å². The maximum absolute atomic E-state index is 13.1. The molecule has 1 saturated heterocycles. The SMILES string of the molecule is COc1ccc(Cn2cc3c(N4CCC[C@H]4C)c(Cl)c(OS(=O)(=O)C(F)(F)F)c(C#N)c3n2)cc1. The third-order valence-corrected chi connectivity index (χ3v) is 7.12. The van der Waals surface area contributed by atoms with Gasteiger partial charge in [0.2, 0.25) is 0 Å². The van der Waals surface area contributed by atoms with Crippen LogP contribution in [0.15, 0.2) is 30.5 Å². The third-order valence-electron chi connectivity index (χ3n) is 5.82. The minimum absolute atomic E-state index is 0.00751. The van der Waals surface area contributed by atoms with E-state index >= 15 is 0 Å². The Hall–Kier alpha value is -3.17. The van der Waals surface area contributed by atoms with Crippen LogP contribution in [0.25, 0.3) is 10.9 Å². The smallest absolute Gasteiger partial charge is 0.497 e. The Kier molecular flexibility index (Phi) is 6.50. The molecule has 4 rings (SSSR count). The molecule has 3 aromatic rings. The molecule has 0 spiro atoms. The Labute approximate surface area is 204 Å². The van der Waals surface area contributed by atoms with Crippen molar-refractivity contribution >= 4 is 38.3 Å². The predicted octanol–water partition coefficient (Wildman–Crippen LogP) is 4.84. The van der Waals surface area contributed by atoms with E-state index in [1.54, 1.807) is 31.5 Å². The summed E-state index contributed by atoms with van der Waals surface area (Å²) in [6.45, 7) is 2.73. The largest absolute Gasteiger partial charge is 0.534 e. The Balaban J connectivity index is 1.91. The topological polar surface area (TPSA) is 97.5 Å². The highest BCUT2D eigenvalue weighted by atomic mass is 35.5. The predicted molar refractivity (Wildman–Crippen MR) is 123 cm³/mol. The molecule has 0 N–H and O–H groups in total. The molecule has 35 heavy (non-hydrogen) atoms. The fourth-order valence-corrected chi connectivity index (χ4v) is 4.98. The number of rotatable bonds is 6. The third kappa shape index (κ3) is 4.58. The summed E-state index contributed by atoms with van der Waals surface area (Å²) in [5, 5.41) is 14.2. The van der Waals surface area contributed by atoms with Crippen LogP contribution in [-0.2, 0) is 16.7 Å². The van der Waals surface area contributed by atoms with Crippen molar-refractivity contribution < 1.29 is 30.5 Å². The number of aromatic nitrogens is 2. The van der Waals surface area contributed by atoms with Crippen LogP contribution < -0.4 is 13.8 Å². The van der Waals surface area contributed by atoms with Crippen molar-refractivity contribution in [2.24, 2.45) is 0 Å². The quantitative estimate of drug-likeness (QED) is 0.334. The van der Waals surface area contributed by atoms with Crippen molar-refractivity contribution in [2.75, 3.05) is 18.6 Å². The van der Waals surface area contributed by atoms with E-state index in [2.05, 4.69) is 9.28 Å². The van der Waals surface area contributed by atoms with Gasteiger partial charge in [-0.15, -0.1) is 0 Å². The molecule has 0 amide bonds. The van der Waals surface area contributed by atoms with E-state index in [0.29, 0.717) is 17.7 Å². The van der Waals surface area contributed by atoms with Crippen molar-refractivity contribution in [3.63, 3.8) is 0 Å². The lowest BCUT2D eigenvalue weighted by Gasteiger charge is -2.26. The summed E-state index contributed by atoms with van der Waals surface area (Å²) in [5.41, 5.74) is -5.09. The molecule has 2 heterocycles. The first-order valence-electron chi connectivity index (χ1n) is 10.5. The highest BCUT2D eigenvalue weighted by Gasteiger charge is 2.49. The molecule has 0 unspecified atom stereocenters. The standard InChI is InChI=1S/C22H20ClF3N4O4S/c1-13-4-3-9-30(13)20-17-12-29(11-14-5-7-15(33-2)8-6-14)28-19(17)16(10-27)21(18(20)23)34-35(31,32)22(24,25)26/h5-8,12-13H,3-4,9,11H2,1-2H3/t13-/m1/s1. The summed E-state index contributed by atoms with van der Waals surface area (Å²) in [6, 6.07) is 8.86. The van der Waals surface area contributed by atoms with Gasteiger partial charge in [0, 0.05) is 24.2 Å². The first-order chi connectivity index (χ1) is 16.5. The highest BCUT2D eigenvalue weighted by molar-refractivity contribution is 7.88. The van der Waals surface area contributed by atoms with Crippen LogP contribution in [0.4, 0.5) is 18.9 Å². The summed E-state index contributed by atoms with van der Waals surface area (Å²) in [5.74, 6) is -0.223. The van der Waals surface area contributed by atoms with Crippen LogP contribution in [0.5, 0.6) is 11.5 Å². The number of fused-ring (bicyclic) bond motifs is 1. The molecule has 13 heteroatoms. The van der Waals surface area contributed by atoms with Gasteiger partial charge in [0.1, 0.15) is 27.9 Å². The monoisotopic (exact) mass is 528 g/mol. The minimum atomic E-state index is -6.08. The lowest BCUT2D eigenvalue weighted by atomic mass is 10.1. The van der Waals surface area contributed by atoms with E-state index in [9.17, 15) is 26.9 Å². The lowest BCUT2D eigenvalue weighted by molar-refractivity contribution is -0.0500. The number of ether oxygens (including phenoxy) is 1. The first-order valence-corrected chi connectivity index (χ1v) is 12.3. The van der Waals surface area contributed by atoms with E-state index in [-0.39, 0.29) is 28.8 Å². The number of nitrogens with zero attached hydrogens (tertiary/aromatic N) is 4. The van der Waals surface area contributed by atoms with Crippen molar-refractivity contribution in [1.29, 1.82) is 5.26 Å². The van der Waals surface area contributed by atoms with Gasteiger partial charge in [-0.1, -0.05) is 23.7 Å². The first kappa shape index (κ1) is 24.9. The Morgan fingerprint density at radius 1 is 1.29 bits per heavy atom. The lowest BCUT2D eigenvalue weighted by Crippen LogP contribution is -2.29. The van der Waals surface area contributed by atoms with Crippen LogP contribution in [0.1, 0.15) is 30.9 Å². The van der Waals surface area contributed by atoms with Gasteiger partial charge in [-0.3, -0.25) is 4.68 Å². The molecule has 0 aliphatic carbocycles. The molecule has 2 aromatic carbocycles. The Bertz CT molecular complexity index is 1420. The van der Waals surface area contributed by atoms with Crippen LogP contribution in [0, 0.1) is 11.3 Å². The molecule has 1 atom stereocenters. The fourth-order valence-electron chi connectivity index (χ4n) is 4.11. The number of anilines is 1. The summed E-state index contributed by atoms with van der Waals surface area (Å²) < 4.78 is 74.0. The van der Waals surface area contributed by atoms with Crippen LogP contribution in [-0.4, -0.2) is 43.4 Å². The molecule has 0 radical (unpaired) electrons. The zero-order chi connectivity index (χ0) is 25.5. The number of nitriles is 1. The summed E-state index contributed by atoms with van der Waals surface area (Å²) >= 11 is 6.48. The average Bonchev–Trinajstić information content (AvgIpc) is 3.40. The van der Waals surface area contributed by atoms with Crippen molar-refractivity contribution in [3.8, 4) is 17.6 Å². The normalized spacial score (nSPS) is 16.5. The van der Waals surface area contributed by atoms with Gasteiger partial charge in [-0.25, -0.2) is 0 Å². The number of methoxy groups -OCH3 is 1. The molecular formula is C22H20ClF3N4O4S. The Morgan fingerprint density at radius 2 is 1.97 bits per heavy atom. The summed E-state index contributed by atoms with van der Waals surface area (Å²) in [6.07, 6.45) is 3.24. The van der Waals surface area contributed by atoms with Crippen LogP contribution >= 0.6 is 11.6 Å². The van der Waals surface area contributed by atoms with E-state index in [4.69, 9.17) is 16.3 Å². The van der Waals surface area contributed by atoms with E-state index < -0.39 is 26.9 Å². The van der Waals surface area contributed by atoms with Gasteiger partial charge < -0.3 is 13.8 Å². The van der Waals surface area contributed by atoms with Gasteiger partial charge in [0.25, 0.3) is 0 Å². The average molecular weight is 529 g/mol. The van der Waals surface area contributed by atoms with Gasteiger partial charge in [-0.05, 0) is 37.5 Å². The fraction of sp³-hybridized carbons (Fsp3) is 0.364. The van der Waals surface area contributed by atoms with Crippen LogP contribution in [0.3, 0.4) is 0 Å². The number of halogens is 4. The Morgan fingerprint density at radius 3 is 2.51 bits per heavy atom. The molecule has 186 valence electrons. The molecule has 1 aromatic heterocycles. The zero-order valence-electron chi connectivity index (χ0n) is 18.6. The number of hydrogen-bond acceptors (Lipinski definition) is 7. The van der Waals surface area contributed by atoms with Gasteiger partial charge in [0.15, 0.2) is 5.75 Å². The maximum atomic E-state index is 13.1. The van der Waals surface area contributed by atoms with Gasteiger partial charge >= 0.3 is 15.6 Å². The summed E-state index contributed by atoms with van der Waals surface area (Å²) in [7, 11) is -4.53. The second-order valence-corrected chi connectivity index (χ2v) is 10.00. The molecule has 1 fully saturated rings. The molecular weight excluding hydrogens is 509 g/mol. The second kappa shape index (κ2) is 9.13. The van der Waals surface area contributed by atoms with E-state index in [1.807, 2.05) is 24.0 Å². The van der Waals surface area contributed by atoms with Crippen LogP contribution in [0.2, 0.25) is 5.02 Å². The molecule has 8 nitrogen and oxygen atoms in total.